The van der Waals surface area contributed by atoms with Crippen molar-refractivity contribution in [3.05, 3.63) is 22.4 Å². The lowest BCUT2D eigenvalue weighted by Crippen LogP contribution is -2.35. The van der Waals surface area contributed by atoms with Gasteiger partial charge in [0.2, 0.25) is 0 Å². The molecule has 1 aliphatic rings. The highest BCUT2D eigenvalue weighted by molar-refractivity contribution is 14.0. The van der Waals surface area contributed by atoms with Crippen LogP contribution in [0.2, 0.25) is 0 Å². The molecule has 0 unspecified atom stereocenters. The third-order valence-corrected chi connectivity index (χ3v) is 4.55. The van der Waals surface area contributed by atoms with Crippen LogP contribution in [0.25, 0.3) is 0 Å². The summed E-state index contributed by atoms with van der Waals surface area (Å²) in [5.74, 6) is 1.30. The first-order valence-electron chi connectivity index (χ1n) is 6.99. The maximum absolute atomic E-state index is 5.89. The van der Waals surface area contributed by atoms with Crippen LogP contribution in [-0.2, 0) is 6.42 Å². The molecule has 2 rings (SSSR count). The van der Waals surface area contributed by atoms with Gasteiger partial charge in [0.1, 0.15) is 0 Å². The Kier molecular flexibility index (Phi) is 8.47. The quantitative estimate of drug-likeness (QED) is 0.446. The molecule has 0 aliphatic carbocycles. The van der Waals surface area contributed by atoms with Gasteiger partial charge in [0.05, 0.1) is 0 Å². The van der Waals surface area contributed by atoms with Gasteiger partial charge in [-0.1, -0.05) is 6.07 Å². The summed E-state index contributed by atoms with van der Waals surface area (Å²) in [4.78, 5) is 8.22. The van der Waals surface area contributed by atoms with Crippen LogP contribution in [0.5, 0.6) is 0 Å². The molecule has 1 aliphatic heterocycles. The molecule has 1 aromatic heterocycles. The van der Waals surface area contributed by atoms with Gasteiger partial charge in [-0.05, 0) is 56.8 Å². The largest absolute Gasteiger partial charge is 0.370 e. The van der Waals surface area contributed by atoms with Crippen molar-refractivity contribution in [2.45, 2.75) is 19.3 Å². The maximum Gasteiger partial charge on any atom is 0.188 e. The fourth-order valence-electron chi connectivity index (χ4n) is 2.30. The van der Waals surface area contributed by atoms with Gasteiger partial charge in [-0.25, -0.2) is 0 Å². The number of piperidine rings is 1. The van der Waals surface area contributed by atoms with Gasteiger partial charge in [-0.15, -0.1) is 35.3 Å². The molecule has 2 heterocycles. The van der Waals surface area contributed by atoms with Crippen molar-refractivity contribution in [1.82, 2.24) is 10.2 Å². The minimum Gasteiger partial charge on any atom is -0.370 e. The Labute approximate surface area is 142 Å². The maximum atomic E-state index is 5.89. The second-order valence-electron chi connectivity index (χ2n) is 5.23. The van der Waals surface area contributed by atoms with Gasteiger partial charge in [0, 0.05) is 18.0 Å². The van der Waals surface area contributed by atoms with Gasteiger partial charge in [0.25, 0.3) is 0 Å². The van der Waals surface area contributed by atoms with Crippen LogP contribution in [-0.4, -0.2) is 44.1 Å². The van der Waals surface area contributed by atoms with E-state index in [1.165, 1.54) is 30.8 Å². The van der Waals surface area contributed by atoms with Crippen molar-refractivity contribution in [3.8, 4) is 0 Å². The number of halogens is 1. The van der Waals surface area contributed by atoms with Gasteiger partial charge in [0.15, 0.2) is 5.96 Å². The molecule has 4 nitrogen and oxygen atoms in total. The van der Waals surface area contributed by atoms with Crippen molar-refractivity contribution in [2.75, 3.05) is 33.2 Å². The molecule has 1 fully saturated rings. The first kappa shape index (κ1) is 17.7. The molecule has 0 amide bonds. The fourth-order valence-corrected chi connectivity index (χ4v) is 3.01. The van der Waals surface area contributed by atoms with Crippen LogP contribution >= 0.6 is 35.3 Å². The van der Waals surface area contributed by atoms with Crippen molar-refractivity contribution in [3.63, 3.8) is 0 Å². The zero-order chi connectivity index (χ0) is 13.5. The number of aliphatic imine (C=N–C) groups is 1. The van der Waals surface area contributed by atoms with E-state index in [4.69, 9.17) is 5.73 Å². The average Bonchev–Trinajstić information content (AvgIpc) is 2.91. The van der Waals surface area contributed by atoms with E-state index in [-0.39, 0.29) is 24.0 Å². The van der Waals surface area contributed by atoms with Crippen molar-refractivity contribution in [2.24, 2.45) is 16.6 Å². The van der Waals surface area contributed by atoms with E-state index in [1.807, 2.05) is 0 Å². The third kappa shape index (κ3) is 6.41. The van der Waals surface area contributed by atoms with Crippen molar-refractivity contribution >= 4 is 41.3 Å². The molecular weight excluding hydrogens is 383 g/mol. The molecule has 0 radical (unpaired) electrons. The van der Waals surface area contributed by atoms with Crippen LogP contribution < -0.4 is 11.1 Å². The van der Waals surface area contributed by atoms with E-state index in [0.29, 0.717) is 11.9 Å². The number of hydrogen-bond donors (Lipinski definition) is 2. The van der Waals surface area contributed by atoms with E-state index in [9.17, 15) is 0 Å². The Balaban J connectivity index is 0.00000200. The standard InChI is InChI=1S/C14H24N4S.HI/c1-18-8-5-12(6-9-18)11-17-14(15)16-7-4-13-3-2-10-19-13;/h2-3,10,12H,4-9,11H2,1H3,(H3,15,16,17);1H. The molecule has 1 aromatic rings. The zero-order valence-electron chi connectivity index (χ0n) is 12.0. The summed E-state index contributed by atoms with van der Waals surface area (Å²) in [6, 6.07) is 4.23. The summed E-state index contributed by atoms with van der Waals surface area (Å²) in [6.07, 6.45) is 3.49. The second-order valence-corrected chi connectivity index (χ2v) is 6.26. The van der Waals surface area contributed by atoms with E-state index in [1.54, 1.807) is 11.3 Å². The Bertz CT molecular complexity index is 386. The Morgan fingerprint density at radius 3 is 2.90 bits per heavy atom. The molecule has 0 spiro atoms. The number of likely N-dealkylation sites (tertiary alicyclic amines) is 1. The van der Waals surface area contributed by atoms with Gasteiger partial charge < -0.3 is 16.0 Å². The normalized spacial score (nSPS) is 17.8. The Morgan fingerprint density at radius 2 is 2.25 bits per heavy atom. The van der Waals surface area contributed by atoms with E-state index >= 15 is 0 Å². The lowest BCUT2D eigenvalue weighted by atomic mass is 9.97. The highest BCUT2D eigenvalue weighted by Crippen LogP contribution is 2.15. The molecule has 0 saturated carbocycles. The Morgan fingerprint density at radius 1 is 1.50 bits per heavy atom. The fraction of sp³-hybridized carbons (Fsp3) is 0.643. The SMILES string of the molecule is CN1CCC(CN=C(N)NCCc2cccs2)CC1.I. The number of rotatable bonds is 5. The van der Waals surface area contributed by atoms with E-state index in [2.05, 4.69) is 39.8 Å². The number of guanidine groups is 1. The number of nitrogens with zero attached hydrogens (tertiary/aromatic N) is 2. The summed E-state index contributed by atoms with van der Waals surface area (Å²) in [6.45, 7) is 4.10. The van der Waals surface area contributed by atoms with Gasteiger partial charge in [-0.3, -0.25) is 4.99 Å². The molecule has 20 heavy (non-hydrogen) atoms. The monoisotopic (exact) mass is 408 g/mol. The highest BCUT2D eigenvalue weighted by Gasteiger charge is 2.15. The lowest BCUT2D eigenvalue weighted by molar-refractivity contribution is 0.223. The molecule has 0 bridgehead atoms. The van der Waals surface area contributed by atoms with Gasteiger partial charge in [-0.2, -0.15) is 0 Å². The number of hydrogen-bond acceptors (Lipinski definition) is 3. The first-order chi connectivity index (χ1) is 9.24. The van der Waals surface area contributed by atoms with Crippen LogP contribution in [0.15, 0.2) is 22.5 Å². The molecule has 3 N–H and O–H groups in total. The molecule has 0 aromatic carbocycles. The molecule has 6 heteroatoms. The topological polar surface area (TPSA) is 53.6 Å². The highest BCUT2D eigenvalue weighted by atomic mass is 127. The summed E-state index contributed by atoms with van der Waals surface area (Å²) in [5, 5.41) is 5.30. The predicted octanol–water partition coefficient (Wildman–Crippen LogP) is 2.15. The van der Waals surface area contributed by atoms with Crippen LogP contribution in [0.3, 0.4) is 0 Å². The summed E-state index contributed by atoms with van der Waals surface area (Å²) in [5.41, 5.74) is 5.89. The number of nitrogens with one attached hydrogen (secondary N) is 1. The molecule has 0 atom stereocenters. The van der Waals surface area contributed by atoms with E-state index < -0.39 is 0 Å². The van der Waals surface area contributed by atoms with Gasteiger partial charge >= 0.3 is 0 Å². The predicted molar refractivity (Wildman–Crippen MR) is 98.2 cm³/mol. The Hall–Kier alpha value is -0.340. The molecule has 1 saturated heterocycles. The second kappa shape index (κ2) is 9.57. The average molecular weight is 408 g/mol. The summed E-state index contributed by atoms with van der Waals surface area (Å²) in [7, 11) is 2.18. The number of nitrogens with two attached hydrogens (primary N) is 1. The lowest BCUT2D eigenvalue weighted by Gasteiger charge is -2.27. The minimum absolute atomic E-state index is 0. The minimum atomic E-state index is 0. The smallest absolute Gasteiger partial charge is 0.188 e. The third-order valence-electron chi connectivity index (χ3n) is 3.62. The summed E-state index contributed by atoms with van der Waals surface area (Å²) >= 11 is 1.79. The van der Waals surface area contributed by atoms with E-state index in [0.717, 1.165) is 19.5 Å². The van der Waals surface area contributed by atoms with Crippen molar-refractivity contribution < 1.29 is 0 Å². The molecule has 114 valence electrons. The number of thiophene rings is 1. The van der Waals surface area contributed by atoms with Crippen LogP contribution in [0.4, 0.5) is 0 Å². The zero-order valence-corrected chi connectivity index (χ0v) is 15.2. The summed E-state index contributed by atoms with van der Waals surface area (Å²) < 4.78 is 0. The van der Waals surface area contributed by atoms with Crippen LogP contribution in [0, 0.1) is 5.92 Å². The van der Waals surface area contributed by atoms with Crippen LogP contribution in [0.1, 0.15) is 17.7 Å². The van der Waals surface area contributed by atoms with Crippen molar-refractivity contribution in [1.29, 1.82) is 0 Å². The molecular formula is C14H25IN4S. The first-order valence-corrected chi connectivity index (χ1v) is 7.86.